The summed E-state index contributed by atoms with van der Waals surface area (Å²) >= 11 is 5.94. The fraction of sp³-hybridized carbons (Fsp3) is 0.333. The number of amides is 1. The molecule has 0 aliphatic carbocycles. The zero-order valence-electron chi connectivity index (χ0n) is 16.0. The molecule has 2 aromatic rings. The summed E-state index contributed by atoms with van der Waals surface area (Å²) in [7, 11) is 1.73. The van der Waals surface area contributed by atoms with Gasteiger partial charge in [0, 0.05) is 37.3 Å². The lowest BCUT2D eigenvalue weighted by Crippen LogP contribution is -2.38. The fourth-order valence-electron chi connectivity index (χ4n) is 3.02. The van der Waals surface area contributed by atoms with Crippen molar-refractivity contribution in [3.63, 3.8) is 0 Å². The number of nitrogens with zero attached hydrogens (tertiary/aromatic N) is 2. The third kappa shape index (κ3) is 5.63. The molecule has 7 heteroatoms. The summed E-state index contributed by atoms with van der Waals surface area (Å²) < 4.78 is 5.65. The highest BCUT2D eigenvalue weighted by Gasteiger charge is 2.21. The van der Waals surface area contributed by atoms with Gasteiger partial charge < -0.3 is 20.3 Å². The molecule has 3 rings (SSSR count). The summed E-state index contributed by atoms with van der Waals surface area (Å²) in [6.07, 6.45) is 1.58. The number of nitrogens with one attached hydrogen (secondary N) is 2. The number of carbonyl (C=O) groups excluding carboxylic acids is 1. The van der Waals surface area contributed by atoms with E-state index in [0.717, 1.165) is 30.0 Å². The molecule has 0 bridgehead atoms. The van der Waals surface area contributed by atoms with Crippen LogP contribution in [0.3, 0.4) is 0 Å². The zero-order valence-corrected chi connectivity index (χ0v) is 16.7. The predicted molar refractivity (Wildman–Crippen MR) is 113 cm³/mol. The Kier molecular flexibility index (Phi) is 7.14. The van der Waals surface area contributed by atoms with Crippen LogP contribution < -0.4 is 20.3 Å². The second-order valence-electron chi connectivity index (χ2n) is 6.47. The summed E-state index contributed by atoms with van der Waals surface area (Å²) in [6.45, 7) is 2.56. The molecule has 1 fully saturated rings. The normalized spacial score (nSPS) is 14.3. The molecule has 0 atom stereocenters. The monoisotopic (exact) mass is 400 g/mol. The SMILES string of the molecule is CN=C(NCCOc1cccc(Cl)c1)NCc1ccc(N2CCCC2=O)cc1. The largest absolute Gasteiger partial charge is 0.492 e. The Morgan fingerprint density at radius 2 is 2.04 bits per heavy atom. The predicted octanol–water partition coefficient (Wildman–Crippen LogP) is 3.21. The van der Waals surface area contributed by atoms with E-state index in [1.54, 1.807) is 13.1 Å². The van der Waals surface area contributed by atoms with Crippen LogP contribution >= 0.6 is 11.6 Å². The lowest BCUT2D eigenvalue weighted by Gasteiger charge is -2.16. The van der Waals surface area contributed by atoms with Crippen molar-refractivity contribution < 1.29 is 9.53 Å². The molecule has 2 N–H and O–H groups in total. The van der Waals surface area contributed by atoms with Gasteiger partial charge in [0.15, 0.2) is 5.96 Å². The van der Waals surface area contributed by atoms with Gasteiger partial charge in [-0.15, -0.1) is 0 Å². The van der Waals surface area contributed by atoms with Crippen molar-refractivity contribution in [2.45, 2.75) is 19.4 Å². The van der Waals surface area contributed by atoms with Crippen molar-refractivity contribution in [3.8, 4) is 5.75 Å². The molecule has 2 aromatic carbocycles. The van der Waals surface area contributed by atoms with E-state index in [9.17, 15) is 4.79 Å². The molecule has 0 radical (unpaired) electrons. The van der Waals surface area contributed by atoms with Gasteiger partial charge in [0.05, 0.1) is 6.54 Å². The summed E-state index contributed by atoms with van der Waals surface area (Å²) in [5.74, 6) is 1.65. The number of ether oxygens (including phenoxy) is 1. The Balaban J connectivity index is 1.40. The molecule has 1 saturated heterocycles. The number of rotatable bonds is 7. The Morgan fingerprint density at radius 3 is 2.71 bits per heavy atom. The highest BCUT2D eigenvalue weighted by molar-refractivity contribution is 6.30. The highest BCUT2D eigenvalue weighted by atomic mass is 35.5. The van der Waals surface area contributed by atoms with E-state index >= 15 is 0 Å². The van der Waals surface area contributed by atoms with Crippen LogP contribution in [0.1, 0.15) is 18.4 Å². The second kappa shape index (κ2) is 9.99. The summed E-state index contributed by atoms with van der Waals surface area (Å²) in [4.78, 5) is 17.9. The first kappa shape index (κ1) is 20.0. The minimum atomic E-state index is 0.204. The van der Waals surface area contributed by atoms with E-state index in [-0.39, 0.29) is 5.91 Å². The van der Waals surface area contributed by atoms with Crippen LogP contribution in [-0.4, -0.2) is 38.6 Å². The maximum absolute atomic E-state index is 11.8. The van der Waals surface area contributed by atoms with Gasteiger partial charge in [-0.1, -0.05) is 29.8 Å². The Hall–Kier alpha value is -2.73. The first-order chi connectivity index (χ1) is 13.7. The van der Waals surface area contributed by atoms with Gasteiger partial charge in [0.25, 0.3) is 0 Å². The van der Waals surface area contributed by atoms with E-state index in [0.29, 0.717) is 37.1 Å². The van der Waals surface area contributed by atoms with E-state index < -0.39 is 0 Å². The van der Waals surface area contributed by atoms with Crippen LogP contribution in [0, 0.1) is 0 Å². The van der Waals surface area contributed by atoms with E-state index in [2.05, 4.69) is 15.6 Å². The van der Waals surface area contributed by atoms with Crippen LogP contribution in [0.5, 0.6) is 5.75 Å². The third-order valence-electron chi connectivity index (χ3n) is 4.46. The third-order valence-corrected chi connectivity index (χ3v) is 4.70. The summed E-state index contributed by atoms with van der Waals surface area (Å²) in [5, 5.41) is 7.14. The van der Waals surface area contributed by atoms with E-state index in [1.807, 2.05) is 47.4 Å². The molecule has 1 aliphatic rings. The number of benzene rings is 2. The molecule has 28 heavy (non-hydrogen) atoms. The molecule has 0 spiro atoms. The molecule has 1 aliphatic heterocycles. The van der Waals surface area contributed by atoms with Gasteiger partial charge in [-0.05, 0) is 42.3 Å². The van der Waals surface area contributed by atoms with Crippen molar-refractivity contribution in [2.24, 2.45) is 4.99 Å². The number of aliphatic imine (C=N–C) groups is 1. The van der Waals surface area contributed by atoms with E-state index in [4.69, 9.17) is 16.3 Å². The topological polar surface area (TPSA) is 66.0 Å². The second-order valence-corrected chi connectivity index (χ2v) is 6.91. The highest BCUT2D eigenvalue weighted by Crippen LogP contribution is 2.21. The van der Waals surface area contributed by atoms with Crippen molar-refractivity contribution in [2.75, 3.05) is 31.6 Å². The van der Waals surface area contributed by atoms with Crippen molar-refractivity contribution in [1.29, 1.82) is 0 Å². The quantitative estimate of drug-likeness (QED) is 0.425. The van der Waals surface area contributed by atoms with Crippen LogP contribution in [0.15, 0.2) is 53.5 Å². The van der Waals surface area contributed by atoms with Crippen molar-refractivity contribution in [1.82, 2.24) is 10.6 Å². The van der Waals surface area contributed by atoms with Gasteiger partial charge in [-0.3, -0.25) is 9.79 Å². The minimum Gasteiger partial charge on any atom is -0.492 e. The van der Waals surface area contributed by atoms with Gasteiger partial charge in [-0.25, -0.2) is 0 Å². The van der Waals surface area contributed by atoms with Gasteiger partial charge in [0.2, 0.25) is 5.91 Å². The zero-order chi connectivity index (χ0) is 19.8. The molecule has 0 unspecified atom stereocenters. The lowest BCUT2D eigenvalue weighted by atomic mass is 10.2. The van der Waals surface area contributed by atoms with Crippen molar-refractivity contribution in [3.05, 3.63) is 59.1 Å². The van der Waals surface area contributed by atoms with Gasteiger partial charge in [-0.2, -0.15) is 0 Å². The minimum absolute atomic E-state index is 0.204. The standard InChI is InChI=1S/C21H25ClN4O2/c1-23-21(24-11-13-28-19-5-2-4-17(22)14-19)25-15-16-7-9-18(10-8-16)26-12-3-6-20(26)27/h2,4-5,7-10,14H,3,6,11-13,15H2,1H3,(H2,23,24,25). The fourth-order valence-corrected chi connectivity index (χ4v) is 3.20. The number of carbonyl (C=O) groups is 1. The Morgan fingerprint density at radius 1 is 1.21 bits per heavy atom. The molecule has 1 heterocycles. The maximum atomic E-state index is 11.8. The number of guanidine groups is 1. The molecule has 148 valence electrons. The molecule has 6 nitrogen and oxygen atoms in total. The summed E-state index contributed by atoms with van der Waals surface area (Å²) in [5.41, 5.74) is 2.08. The van der Waals surface area contributed by atoms with Crippen LogP contribution in [-0.2, 0) is 11.3 Å². The van der Waals surface area contributed by atoms with Crippen LogP contribution in [0.4, 0.5) is 5.69 Å². The number of hydrogen-bond acceptors (Lipinski definition) is 3. The van der Waals surface area contributed by atoms with Gasteiger partial charge >= 0.3 is 0 Å². The first-order valence-electron chi connectivity index (χ1n) is 9.38. The van der Waals surface area contributed by atoms with E-state index in [1.165, 1.54) is 0 Å². The molecule has 0 aromatic heterocycles. The maximum Gasteiger partial charge on any atom is 0.227 e. The molecular weight excluding hydrogens is 376 g/mol. The number of hydrogen-bond donors (Lipinski definition) is 2. The Labute approximate surface area is 170 Å². The number of anilines is 1. The molecular formula is C21H25ClN4O2. The smallest absolute Gasteiger partial charge is 0.227 e. The average molecular weight is 401 g/mol. The average Bonchev–Trinajstić information content (AvgIpc) is 3.14. The van der Waals surface area contributed by atoms with Crippen LogP contribution in [0.25, 0.3) is 0 Å². The Bertz CT molecular complexity index is 823. The molecule has 0 saturated carbocycles. The first-order valence-corrected chi connectivity index (χ1v) is 9.76. The summed E-state index contributed by atoms with van der Waals surface area (Å²) in [6, 6.07) is 15.4. The van der Waals surface area contributed by atoms with Gasteiger partial charge in [0.1, 0.15) is 12.4 Å². The van der Waals surface area contributed by atoms with Crippen LogP contribution in [0.2, 0.25) is 5.02 Å². The number of halogens is 1. The lowest BCUT2D eigenvalue weighted by molar-refractivity contribution is -0.117. The van der Waals surface area contributed by atoms with Crippen molar-refractivity contribution >= 4 is 29.2 Å². The molecule has 1 amide bonds.